The molecule has 5 nitrogen and oxygen atoms in total. The van der Waals surface area contributed by atoms with Crippen LogP contribution < -0.4 is 5.32 Å². The molecule has 0 radical (unpaired) electrons. The van der Waals surface area contributed by atoms with E-state index in [1.807, 2.05) is 17.9 Å². The zero-order valence-corrected chi connectivity index (χ0v) is 10.5. The molecule has 1 aromatic carbocycles. The summed E-state index contributed by atoms with van der Waals surface area (Å²) in [5, 5.41) is 20.9. The topological polar surface area (TPSA) is 70.3 Å². The molecule has 98 valence electrons. The van der Waals surface area contributed by atoms with Gasteiger partial charge in [0.25, 0.3) is 0 Å². The first-order chi connectivity index (χ1) is 8.70. The fourth-order valence-electron chi connectivity index (χ4n) is 1.90. The molecule has 1 aromatic heterocycles. The zero-order chi connectivity index (χ0) is 13.0. The molecule has 0 aliphatic rings. The van der Waals surface area contributed by atoms with Crippen LogP contribution in [0.15, 0.2) is 24.5 Å². The lowest BCUT2D eigenvalue weighted by Gasteiger charge is -2.08. The number of hydrogen-bond donors (Lipinski definition) is 3. The van der Waals surface area contributed by atoms with Gasteiger partial charge in [0.05, 0.1) is 30.1 Å². The van der Waals surface area contributed by atoms with Gasteiger partial charge in [0, 0.05) is 13.6 Å². The summed E-state index contributed by atoms with van der Waals surface area (Å²) in [7, 11) is 1.98. The highest BCUT2D eigenvalue weighted by molar-refractivity contribution is 5.75. The summed E-state index contributed by atoms with van der Waals surface area (Å²) < 4.78 is 2.00. The molecule has 1 heterocycles. The van der Waals surface area contributed by atoms with Gasteiger partial charge in [-0.3, -0.25) is 0 Å². The van der Waals surface area contributed by atoms with E-state index < -0.39 is 6.10 Å². The van der Waals surface area contributed by atoms with Crippen molar-refractivity contribution in [2.75, 3.05) is 19.7 Å². The van der Waals surface area contributed by atoms with Crippen LogP contribution in [0.1, 0.15) is 5.56 Å². The molecule has 0 bridgehead atoms. The Morgan fingerprint density at radius 2 is 2.28 bits per heavy atom. The summed E-state index contributed by atoms with van der Waals surface area (Å²) in [6.45, 7) is 0.991. The van der Waals surface area contributed by atoms with Gasteiger partial charge in [-0.25, -0.2) is 4.98 Å². The molecule has 0 spiro atoms. The van der Waals surface area contributed by atoms with Crippen LogP contribution in [0.5, 0.6) is 0 Å². The molecule has 0 fully saturated rings. The number of aryl methyl sites for hydroxylation is 1. The van der Waals surface area contributed by atoms with E-state index in [2.05, 4.69) is 28.5 Å². The largest absolute Gasteiger partial charge is 0.394 e. The first-order valence-corrected chi connectivity index (χ1v) is 6.10. The van der Waals surface area contributed by atoms with Gasteiger partial charge in [-0.1, -0.05) is 6.07 Å². The highest BCUT2D eigenvalue weighted by Crippen LogP contribution is 2.13. The standard InChI is InChI=1S/C13H19N3O2/c1-16-9-15-12-6-10(2-3-13(12)16)4-5-14-7-11(18)8-17/h2-3,6,9,11,14,17-18H,4-5,7-8H2,1H3. The maximum atomic E-state index is 9.17. The van der Waals surface area contributed by atoms with Crippen LogP contribution in [0.2, 0.25) is 0 Å². The van der Waals surface area contributed by atoms with Gasteiger partial charge >= 0.3 is 0 Å². The highest BCUT2D eigenvalue weighted by Gasteiger charge is 2.02. The fraction of sp³-hybridized carbons (Fsp3) is 0.462. The van der Waals surface area contributed by atoms with Crippen molar-refractivity contribution in [3.63, 3.8) is 0 Å². The lowest BCUT2D eigenvalue weighted by molar-refractivity contribution is 0.0947. The SMILES string of the molecule is Cn1cnc2cc(CCNCC(O)CO)ccc21. The maximum Gasteiger partial charge on any atom is 0.0955 e. The molecule has 1 atom stereocenters. The number of rotatable bonds is 6. The summed E-state index contributed by atoms with van der Waals surface area (Å²) in [6, 6.07) is 6.24. The van der Waals surface area contributed by atoms with Crippen LogP contribution in [0.25, 0.3) is 11.0 Å². The van der Waals surface area contributed by atoms with Crippen molar-refractivity contribution in [2.24, 2.45) is 7.05 Å². The number of hydrogen-bond acceptors (Lipinski definition) is 4. The second-order valence-corrected chi connectivity index (χ2v) is 4.47. The zero-order valence-electron chi connectivity index (χ0n) is 10.5. The van der Waals surface area contributed by atoms with Gasteiger partial charge in [-0.2, -0.15) is 0 Å². The third-order valence-corrected chi connectivity index (χ3v) is 2.97. The van der Waals surface area contributed by atoms with Gasteiger partial charge < -0.3 is 20.1 Å². The number of aliphatic hydroxyl groups excluding tert-OH is 2. The first-order valence-electron chi connectivity index (χ1n) is 6.10. The van der Waals surface area contributed by atoms with E-state index in [1.54, 1.807) is 0 Å². The lowest BCUT2D eigenvalue weighted by atomic mass is 10.1. The third kappa shape index (κ3) is 3.07. The molecule has 0 saturated heterocycles. The summed E-state index contributed by atoms with van der Waals surface area (Å²) in [5.41, 5.74) is 3.35. The molecule has 2 aromatic rings. The molecule has 0 amide bonds. The molecule has 0 aliphatic heterocycles. The van der Waals surface area contributed by atoms with Crippen LogP contribution in [0, 0.1) is 0 Å². The van der Waals surface area contributed by atoms with Crippen LogP contribution in [-0.2, 0) is 13.5 Å². The summed E-state index contributed by atoms with van der Waals surface area (Å²) in [5.74, 6) is 0. The Labute approximate surface area is 106 Å². The predicted molar refractivity (Wildman–Crippen MR) is 70.4 cm³/mol. The van der Waals surface area contributed by atoms with E-state index in [4.69, 9.17) is 5.11 Å². The lowest BCUT2D eigenvalue weighted by Crippen LogP contribution is -2.30. The van der Waals surface area contributed by atoms with Crippen molar-refractivity contribution in [3.8, 4) is 0 Å². The minimum absolute atomic E-state index is 0.201. The molecule has 0 aliphatic carbocycles. The van der Waals surface area contributed by atoms with Crippen molar-refractivity contribution in [3.05, 3.63) is 30.1 Å². The van der Waals surface area contributed by atoms with Crippen LogP contribution >= 0.6 is 0 Å². The van der Waals surface area contributed by atoms with Gasteiger partial charge in [0.1, 0.15) is 0 Å². The molecular weight excluding hydrogens is 230 g/mol. The Kier molecular flexibility index (Phi) is 4.30. The van der Waals surface area contributed by atoms with Crippen LogP contribution in [0.3, 0.4) is 0 Å². The predicted octanol–water partition coefficient (Wildman–Crippen LogP) is 0.0586. The third-order valence-electron chi connectivity index (χ3n) is 2.97. The van der Waals surface area contributed by atoms with E-state index >= 15 is 0 Å². The Morgan fingerprint density at radius 3 is 3.06 bits per heavy atom. The molecular formula is C13H19N3O2. The van der Waals surface area contributed by atoms with E-state index in [9.17, 15) is 5.11 Å². The van der Waals surface area contributed by atoms with Crippen molar-refractivity contribution < 1.29 is 10.2 Å². The number of nitrogens with zero attached hydrogens (tertiary/aromatic N) is 2. The molecule has 3 N–H and O–H groups in total. The minimum atomic E-state index is -0.678. The second kappa shape index (κ2) is 5.95. The summed E-state index contributed by atoms with van der Waals surface area (Å²) in [4.78, 5) is 4.32. The van der Waals surface area contributed by atoms with E-state index in [0.29, 0.717) is 6.54 Å². The van der Waals surface area contributed by atoms with E-state index in [-0.39, 0.29) is 6.61 Å². The average molecular weight is 249 g/mol. The monoisotopic (exact) mass is 249 g/mol. The Hall–Kier alpha value is -1.43. The highest BCUT2D eigenvalue weighted by atomic mass is 16.3. The van der Waals surface area contributed by atoms with Gasteiger partial charge in [-0.15, -0.1) is 0 Å². The van der Waals surface area contributed by atoms with Gasteiger partial charge in [-0.05, 0) is 30.7 Å². The fourth-order valence-corrected chi connectivity index (χ4v) is 1.90. The molecule has 2 rings (SSSR count). The van der Waals surface area contributed by atoms with Gasteiger partial charge in [0.2, 0.25) is 0 Å². The normalized spacial score (nSPS) is 13.1. The average Bonchev–Trinajstić information content (AvgIpc) is 2.76. The van der Waals surface area contributed by atoms with Crippen LogP contribution in [0.4, 0.5) is 0 Å². The number of nitrogens with one attached hydrogen (secondary N) is 1. The van der Waals surface area contributed by atoms with E-state index in [0.717, 1.165) is 24.0 Å². The van der Waals surface area contributed by atoms with Crippen molar-refractivity contribution >= 4 is 11.0 Å². The number of aliphatic hydroxyl groups is 2. The maximum absolute atomic E-state index is 9.17. The molecule has 5 heteroatoms. The van der Waals surface area contributed by atoms with Crippen molar-refractivity contribution in [1.82, 2.24) is 14.9 Å². The molecule has 1 unspecified atom stereocenters. The Balaban J connectivity index is 1.88. The summed E-state index contributed by atoms with van der Waals surface area (Å²) >= 11 is 0. The Morgan fingerprint density at radius 1 is 1.44 bits per heavy atom. The van der Waals surface area contributed by atoms with Crippen molar-refractivity contribution in [2.45, 2.75) is 12.5 Å². The molecule has 18 heavy (non-hydrogen) atoms. The second-order valence-electron chi connectivity index (χ2n) is 4.47. The molecule has 0 saturated carbocycles. The van der Waals surface area contributed by atoms with Gasteiger partial charge in [0.15, 0.2) is 0 Å². The summed E-state index contributed by atoms with van der Waals surface area (Å²) in [6.07, 6.45) is 2.01. The number of imidazole rings is 1. The van der Waals surface area contributed by atoms with Crippen molar-refractivity contribution in [1.29, 1.82) is 0 Å². The number of fused-ring (bicyclic) bond motifs is 1. The minimum Gasteiger partial charge on any atom is -0.394 e. The van der Waals surface area contributed by atoms with E-state index in [1.165, 1.54) is 5.56 Å². The van der Waals surface area contributed by atoms with Crippen LogP contribution in [-0.4, -0.2) is 45.6 Å². The smallest absolute Gasteiger partial charge is 0.0955 e. The number of benzene rings is 1. The number of aromatic nitrogens is 2. The Bertz CT molecular complexity index is 510. The first kappa shape index (κ1) is 13.0. The quantitative estimate of drug-likeness (QED) is 0.633.